The van der Waals surface area contributed by atoms with Gasteiger partial charge in [0.05, 0.1) is 19.8 Å². The summed E-state index contributed by atoms with van der Waals surface area (Å²) in [4.78, 5) is 0. The van der Waals surface area contributed by atoms with Gasteiger partial charge in [-0.1, -0.05) is 18.2 Å². The quantitative estimate of drug-likeness (QED) is 0.420. The molecule has 110 valence electrons. The lowest BCUT2D eigenvalue weighted by Crippen LogP contribution is -2.23. The molecule has 1 aliphatic heterocycles. The average Bonchev–Trinajstić information content (AvgIpc) is 2.91. The summed E-state index contributed by atoms with van der Waals surface area (Å²) in [5, 5.41) is 0. The van der Waals surface area contributed by atoms with Crippen LogP contribution in [-0.2, 0) is 9.47 Å². The summed E-state index contributed by atoms with van der Waals surface area (Å²) in [6, 6.07) is 0. The fourth-order valence-corrected chi connectivity index (χ4v) is 5.40. The minimum Gasteiger partial charge on any atom is -0.375 e. The van der Waals surface area contributed by atoms with E-state index in [0.717, 1.165) is 55.3 Å². The molecular weight excluding hydrogens is 248 g/mol. The van der Waals surface area contributed by atoms with Gasteiger partial charge in [0.2, 0.25) is 0 Å². The molecule has 0 radical (unpaired) electrons. The van der Waals surface area contributed by atoms with Gasteiger partial charge in [0.15, 0.2) is 0 Å². The van der Waals surface area contributed by atoms with Crippen molar-refractivity contribution < 1.29 is 9.47 Å². The van der Waals surface area contributed by atoms with E-state index in [2.05, 4.69) is 24.8 Å². The third-order valence-electron chi connectivity index (χ3n) is 6.19. The number of allylic oxidation sites excluding steroid dienone is 2. The van der Waals surface area contributed by atoms with Crippen molar-refractivity contribution in [2.75, 3.05) is 19.8 Å². The van der Waals surface area contributed by atoms with Gasteiger partial charge in [-0.25, -0.2) is 0 Å². The van der Waals surface area contributed by atoms with Crippen molar-refractivity contribution in [3.8, 4) is 0 Å². The maximum atomic E-state index is 5.61. The zero-order valence-electron chi connectivity index (χ0n) is 12.2. The van der Waals surface area contributed by atoms with E-state index >= 15 is 0 Å². The maximum Gasteiger partial charge on any atom is 0.104 e. The normalized spacial score (nSPS) is 48.9. The van der Waals surface area contributed by atoms with Crippen molar-refractivity contribution in [3.05, 3.63) is 24.8 Å². The standard InChI is InChI=1S/C18H26O2/c1-2-12-8-13(4-3-7-19-10-16-11-20-16)18-15-6-5-14(9-15)17(12)18/h2-4,12-18H,1,5-11H2/b4-3+. The molecule has 7 unspecified atom stereocenters. The van der Waals surface area contributed by atoms with E-state index in [1.54, 1.807) is 0 Å². The molecule has 2 heteroatoms. The van der Waals surface area contributed by atoms with Crippen LogP contribution in [0.1, 0.15) is 25.7 Å². The number of hydrogen-bond donors (Lipinski definition) is 0. The molecule has 0 spiro atoms. The summed E-state index contributed by atoms with van der Waals surface area (Å²) >= 11 is 0. The molecule has 0 amide bonds. The first kappa shape index (κ1) is 13.1. The second-order valence-electron chi connectivity index (χ2n) is 7.21. The van der Waals surface area contributed by atoms with Crippen LogP contribution in [0.5, 0.6) is 0 Å². The van der Waals surface area contributed by atoms with Crippen molar-refractivity contribution in [2.45, 2.75) is 31.8 Å². The van der Waals surface area contributed by atoms with Crippen molar-refractivity contribution >= 4 is 0 Å². The summed E-state index contributed by atoms with van der Waals surface area (Å²) in [5.41, 5.74) is 0. The molecule has 0 aromatic carbocycles. The summed E-state index contributed by atoms with van der Waals surface area (Å²) in [5.74, 6) is 5.45. The van der Waals surface area contributed by atoms with Crippen LogP contribution in [-0.4, -0.2) is 25.9 Å². The smallest absolute Gasteiger partial charge is 0.104 e. The number of fused-ring (bicyclic) bond motifs is 5. The molecule has 20 heavy (non-hydrogen) atoms. The molecule has 0 aromatic rings. The van der Waals surface area contributed by atoms with Gasteiger partial charge in [0, 0.05) is 0 Å². The van der Waals surface area contributed by atoms with Gasteiger partial charge >= 0.3 is 0 Å². The largest absolute Gasteiger partial charge is 0.375 e. The van der Waals surface area contributed by atoms with Crippen LogP contribution < -0.4 is 0 Å². The monoisotopic (exact) mass is 274 g/mol. The van der Waals surface area contributed by atoms with Gasteiger partial charge in [-0.15, -0.1) is 6.58 Å². The van der Waals surface area contributed by atoms with Crippen molar-refractivity contribution in [2.24, 2.45) is 35.5 Å². The Balaban J connectivity index is 1.35. The highest BCUT2D eigenvalue weighted by molar-refractivity contribution is 5.13. The van der Waals surface area contributed by atoms with E-state index in [1.807, 2.05) is 0 Å². The number of rotatable bonds is 6. The summed E-state index contributed by atoms with van der Waals surface area (Å²) in [7, 11) is 0. The van der Waals surface area contributed by atoms with E-state index < -0.39 is 0 Å². The van der Waals surface area contributed by atoms with Crippen LogP contribution >= 0.6 is 0 Å². The van der Waals surface area contributed by atoms with E-state index in [0.29, 0.717) is 6.10 Å². The fraction of sp³-hybridized carbons (Fsp3) is 0.778. The van der Waals surface area contributed by atoms with Gasteiger partial charge in [0.1, 0.15) is 6.10 Å². The van der Waals surface area contributed by atoms with Crippen LogP contribution in [0, 0.1) is 35.5 Å². The van der Waals surface area contributed by atoms with E-state index in [-0.39, 0.29) is 0 Å². The third kappa shape index (κ3) is 2.27. The first-order chi connectivity index (χ1) is 9.86. The first-order valence-electron chi connectivity index (χ1n) is 8.35. The molecule has 7 atom stereocenters. The second kappa shape index (κ2) is 5.31. The highest BCUT2D eigenvalue weighted by atomic mass is 16.6. The predicted molar refractivity (Wildman–Crippen MR) is 79.3 cm³/mol. The van der Waals surface area contributed by atoms with Crippen LogP contribution in [0.3, 0.4) is 0 Å². The van der Waals surface area contributed by atoms with Crippen molar-refractivity contribution in [1.82, 2.24) is 0 Å². The lowest BCUT2D eigenvalue weighted by atomic mass is 9.76. The lowest BCUT2D eigenvalue weighted by molar-refractivity contribution is 0.140. The molecule has 3 aliphatic carbocycles. The molecule has 4 fully saturated rings. The Labute approximate surface area is 122 Å². The van der Waals surface area contributed by atoms with Crippen molar-refractivity contribution in [3.63, 3.8) is 0 Å². The molecule has 2 nitrogen and oxygen atoms in total. The zero-order valence-corrected chi connectivity index (χ0v) is 12.2. The number of ether oxygens (including phenoxy) is 2. The highest BCUT2D eigenvalue weighted by Gasteiger charge is 2.55. The van der Waals surface area contributed by atoms with Crippen LogP contribution in [0.25, 0.3) is 0 Å². The average molecular weight is 274 g/mol. The van der Waals surface area contributed by atoms with Crippen molar-refractivity contribution in [1.29, 1.82) is 0 Å². The van der Waals surface area contributed by atoms with Crippen LogP contribution in [0.2, 0.25) is 0 Å². The molecule has 1 saturated heterocycles. The first-order valence-corrected chi connectivity index (χ1v) is 8.35. The fourth-order valence-electron chi connectivity index (χ4n) is 5.40. The van der Waals surface area contributed by atoms with E-state index in [1.165, 1.54) is 25.7 Å². The van der Waals surface area contributed by atoms with Crippen LogP contribution in [0.4, 0.5) is 0 Å². The molecule has 3 saturated carbocycles. The summed E-state index contributed by atoms with van der Waals surface area (Å²) in [6.07, 6.45) is 13.1. The van der Waals surface area contributed by atoms with Gasteiger partial charge in [-0.2, -0.15) is 0 Å². The number of epoxide rings is 1. The Bertz CT molecular complexity index is 398. The van der Waals surface area contributed by atoms with Gasteiger partial charge < -0.3 is 9.47 Å². The molecule has 2 bridgehead atoms. The minimum absolute atomic E-state index is 0.384. The topological polar surface area (TPSA) is 21.8 Å². The lowest BCUT2D eigenvalue weighted by Gasteiger charge is -2.29. The maximum absolute atomic E-state index is 5.61. The molecule has 4 rings (SSSR count). The van der Waals surface area contributed by atoms with E-state index in [4.69, 9.17) is 9.47 Å². The Morgan fingerprint density at radius 2 is 1.85 bits per heavy atom. The SMILES string of the molecule is C=CC1CC(/C=C/COCC2CO2)C2C3CCC(C3)C12. The third-order valence-corrected chi connectivity index (χ3v) is 6.19. The molecule has 1 heterocycles. The van der Waals surface area contributed by atoms with Crippen LogP contribution in [0.15, 0.2) is 24.8 Å². The Hall–Kier alpha value is -0.600. The zero-order chi connectivity index (χ0) is 13.5. The van der Waals surface area contributed by atoms with E-state index in [9.17, 15) is 0 Å². The summed E-state index contributed by atoms with van der Waals surface area (Å²) in [6.45, 7) is 6.50. The van der Waals surface area contributed by atoms with Gasteiger partial charge in [-0.05, 0) is 61.2 Å². The number of hydrogen-bond acceptors (Lipinski definition) is 2. The Morgan fingerprint density at radius 1 is 1.10 bits per heavy atom. The second-order valence-corrected chi connectivity index (χ2v) is 7.21. The Kier molecular flexibility index (Phi) is 3.47. The summed E-state index contributed by atoms with van der Waals surface area (Å²) < 4.78 is 10.8. The minimum atomic E-state index is 0.384. The molecule has 4 aliphatic rings. The molecule has 0 aromatic heterocycles. The molecular formula is C18H26O2. The highest BCUT2D eigenvalue weighted by Crippen LogP contribution is 2.63. The van der Waals surface area contributed by atoms with Gasteiger partial charge in [0.25, 0.3) is 0 Å². The Morgan fingerprint density at radius 3 is 2.55 bits per heavy atom. The van der Waals surface area contributed by atoms with Gasteiger partial charge in [-0.3, -0.25) is 0 Å². The predicted octanol–water partition coefficient (Wildman–Crippen LogP) is 3.44. The molecule has 0 N–H and O–H groups in total.